The monoisotopic (exact) mass is 654 g/mol. The molecule has 5 rings (SSSR count). The molecule has 0 radical (unpaired) electrons. The van der Waals surface area contributed by atoms with Gasteiger partial charge < -0.3 is 30.6 Å². The second-order valence-corrected chi connectivity index (χ2v) is 11.9. The van der Waals surface area contributed by atoms with Crippen LogP contribution in [0.3, 0.4) is 0 Å². The summed E-state index contributed by atoms with van der Waals surface area (Å²) in [6.45, 7) is 10.3. The first kappa shape index (κ1) is 29.6. The number of hydrogen-bond donors (Lipinski definition) is 0. The number of halogens is 3. The third kappa shape index (κ3) is 10.2. The Morgan fingerprint density at radius 2 is 1.29 bits per heavy atom. The Morgan fingerprint density at radius 1 is 0.806 bits per heavy atom. The van der Waals surface area contributed by atoms with E-state index in [1.807, 2.05) is 5.38 Å². The summed E-state index contributed by atoms with van der Waals surface area (Å²) in [5.74, 6) is 3.38. The quantitative estimate of drug-likeness (QED) is 0.328. The molecule has 0 saturated carbocycles. The summed E-state index contributed by atoms with van der Waals surface area (Å²) in [6, 6.07) is 0. The minimum atomic E-state index is 0. The molecule has 0 amide bonds. The normalized spacial score (nSPS) is 15.1. The molecule has 3 aliphatic heterocycles. The van der Waals surface area contributed by atoms with Crippen LogP contribution in [0.25, 0.3) is 0 Å². The zero-order chi connectivity index (χ0) is 21.8. The molecule has 3 aliphatic rings. The van der Waals surface area contributed by atoms with Crippen molar-refractivity contribution in [2.75, 3.05) is 39.6 Å². The Morgan fingerprint density at radius 3 is 1.71 bits per heavy atom. The second-order valence-electron chi connectivity index (χ2n) is 6.08. The molecule has 0 unspecified atom stereocenters. The topological polar surface area (TPSA) is 46.2 Å². The SMILES string of the molecule is Brc1sc(Br)c2c1OCCO2.Brc1scc2c1OCCO2.C1CCOC1.[CH2-]CCC.[Li+]. The molecular weight excluding hydrogens is 631 g/mol. The van der Waals surface area contributed by atoms with E-state index in [1.165, 1.54) is 19.3 Å². The van der Waals surface area contributed by atoms with Gasteiger partial charge in [-0.2, -0.15) is 6.42 Å². The first-order valence-corrected chi connectivity index (χ1v) is 13.8. The molecule has 0 aromatic carbocycles. The molecule has 5 heterocycles. The predicted molar refractivity (Wildman–Crippen MR) is 134 cm³/mol. The van der Waals surface area contributed by atoms with Crippen LogP contribution in [-0.4, -0.2) is 39.6 Å². The molecule has 0 atom stereocenters. The summed E-state index contributed by atoms with van der Waals surface area (Å²) in [5.41, 5.74) is 0. The van der Waals surface area contributed by atoms with Crippen molar-refractivity contribution in [2.24, 2.45) is 0 Å². The fourth-order valence-corrected chi connectivity index (χ4v) is 6.32. The van der Waals surface area contributed by atoms with Crippen molar-refractivity contribution in [1.82, 2.24) is 0 Å². The Labute approximate surface area is 230 Å². The van der Waals surface area contributed by atoms with Crippen molar-refractivity contribution >= 4 is 70.5 Å². The van der Waals surface area contributed by atoms with Crippen molar-refractivity contribution in [3.63, 3.8) is 0 Å². The Balaban J connectivity index is 0.000000221. The number of rotatable bonds is 1. The van der Waals surface area contributed by atoms with Crippen LogP contribution >= 0.6 is 70.5 Å². The summed E-state index contributed by atoms with van der Waals surface area (Å²) >= 11 is 13.3. The third-order valence-electron chi connectivity index (χ3n) is 3.76. The van der Waals surface area contributed by atoms with Crippen LogP contribution in [0.15, 0.2) is 16.7 Å². The molecule has 2 aromatic rings. The molecule has 2 aromatic heterocycles. The average molecular weight is 657 g/mol. The number of thiophene rings is 2. The van der Waals surface area contributed by atoms with Gasteiger partial charge in [0.2, 0.25) is 0 Å². The maximum absolute atomic E-state index is 5.38. The van der Waals surface area contributed by atoms with Gasteiger partial charge in [0.05, 0.1) is 0 Å². The summed E-state index contributed by atoms with van der Waals surface area (Å²) in [7, 11) is 0. The number of hydrogen-bond acceptors (Lipinski definition) is 7. The van der Waals surface area contributed by atoms with Crippen LogP contribution in [0.2, 0.25) is 0 Å². The Bertz CT molecular complexity index is 717. The minimum absolute atomic E-state index is 0. The fourth-order valence-electron chi connectivity index (χ4n) is 2.22. The van der Waals surface area contributed by atoms with E-state index in [-0.39, 0.29) is 18.9 Å². The van der Waals surface area contributed by atoms with E-state index in [0.29, 0.717) is 26.4 Å². The standard InChI is InChI=1S/C6H4Br2O2S.C6H5BrO2S.C4H8O.C4H9.Li/c7-5-3-4(6(8)11-5)10-2-1-9-3;7-6-5-4(3-10-6)8-1-2-9-5;1-2-4-5-3-1;1-3-4-2;/h1-2H2;3H,1-2H2;1-4H2;1,3-4H2,2H3;/q;;;-1;+1. The number of unbranched alkanes of at least 4 members (excludes halogenated alkanes) is 1. The Hall–Kier alpha value is 0.597. The van der Waals surface area contributed by atoms with Crippen molar-refractivity contribution < 1.29 is 42.5 Å². The molecule has 11 heteroatoms. The van der Waals surface area contributed by atoms with Gasteiger partial charge in [0.25, 0.3) is 0 Å². The van der Waals surface area contributed by atoms with Crippen LogP contribution in [-0.2, 0) is 4.74 Å². The minimum Gasteiger partial charge on any atom is -0.485 e. The van der Waals surface area contributed by atoms with Gasteiger partial charge in [-0.3, -0.25) is 0 Å². The maximum Gasteiger partial charge on any atom is 1.00 e. The van der Waals surface area contributed by atoms with Gasteiger partial charge in [0.15, 0.2) is 23.0 Å². The molecular formula is C20H26Br3LiO5S2. The third-order valence-corrected chi connectivity index (χ3v) is 7.82. The van der Waals surface area contributed by atoms with Gasteiger partial charge in [-0.25, -0.2) is 0 Å². The van der Waals surface area contributed by atoms with E-state index < -0.39 is 0 Å². The Kier molecular flexibility index (Phi) is 16.3. The molecule has 31 heavy (non-hydrogen) atoms. The molecule has 1 saturated heterocycles. The zero-order valence-corrected chi connectivity index (χ0v) is 24.2. The predicted octanol–water partition coefficient (Wildman–Crippen LogP) is 4.75. The molecule has 0 spiro atoms. The summed E-state index contributed by atoms with van der Waals surface area (Å²) in [6.07, 6.45) is 4.83. The van der Waals surface area contributed by atoms with E-state index in [9.17, 15) is 0 Å². The van der Waals surface area contributed by atoms with E-state index in [4.69, 9.17) is 23.7 Å². The van der Waals surface area contributed by atoms with E-state index >= 15 is 0 Å². The summed E-state index contributed by atoms with van der Waals surface area (Å²) < 4.78 is 29.3. The molecule has 0 N–H and O–H groups in total. The van der Waals surface area contributed by atoms with Crippen molar-refractivity contribution in [1.29, 1.82) is 0 Å². The molecule has 1 fully saturated rings. The van der Waals surface area contributed by atoms with Gasteiger partial charge in [-0.1, -0.05) is 13.3 Å². The van der Waals surface area contributed by atoms with Gasteiger partial charge >= 0.3 is 18.9 Å². The first-order chi connectivity index (χ1) is 14.6. The molecule has 170 valence electrons. The number of ether oxygens (including phenoxy) is 5. The summed E-state index contributed by atoms with van der Waals surface area (Å²) in [5, 5.41) is 1.94. The molecule has 5 nitrogen and oxygen atoms in total. The van der Waals surface area contributed by atoms with E-state index in [0.717, 1.165) is 54.0 Å². The zero-order valence-electron chi connectivity index (χ0n) is 17.8. The van der Waals surface area contributed by atoms with Crippen LogP contribution in [0.1, 0.15) is 32.6 Å². The largest absolute Gasteiger partial charge is 1.00 e. The van der Waals surface area contributed by atoms with Crippen molar-refractivity contribution in [3.05, 3.63) is 23.7 Å². The maximum atomic E-state index is 5.38. The van der Waals surface area contributed by atoms with Crippen molar-refractivity contribution in [2.45, 2.75) is 32.6 Å². The van der Waals surface area contributed by atoms with Gasteiger partial charge in [0, 0.05) is 18.6 Å². The van der Waals surface area contributed by atoms with Crippen LogP contribution in [0.5, 0.6) is 23.0 Å². The smallest absolute Gasteiger partial charge is 0.485 e. The van der Waals surface area contributed by atoms with Crippen LogP contribution in [0, 0.1) is 6.92 Å². The fraction of sp³-hybridized carbons (Fsp3) is 0.550. The van der Waals surface area contributed by atoms with Gasteiger partial charge in [0.1, 0.15) is 37.8 Å². The van der Waals surface area contributed by atoms with Gasteiger partial charge in [-0.05, 0) is 60.6 Å². The average Bonchev–Trinajstić information content (AvgIpc) is 3.53. The molecule has 0 aliphatic carbocycles. The molecule has 0 bridgehead atoms. The van der Waals surface area contributed by atoms with E-state index in [1.54, 1.807) is 22.7 Å². The summed E-state index contributed by atoms with van der Waals surface area (Å²) in [4.78, 5) is 0. The first-order valence-electron chi connectivity index (χ1n) is 9.71. The van der Waals surface area contributed by atoms with Crippen LogP contribution in [0.4, 0.5) is 0 Å². The van der Waals surface area contributed by atoms with Crippen LogP contribution < -0.4 is 37.8 Å². The van der Waals surface area contributed by atoms with E-state index in [2.05, 4.69) is 61.6 Å². The number of fused-ring (bicyclic) bond motifs is 2. The van der Waals surface area contributed by atoms with Crippen molar-refractivity contribution in [3.8, 4) is 23.0 Å². The second kappa shape index (κ2) is 17.1. The van der Waals surface area contributed by atoms with Gasteiger partial charge in [-0.15, -0.1) is 22.7 Å².